The number of phosphoric acid groups is 1. The number of benzene rings is 1. The van der Waals surface area contributed by atoms with Gasteiger partial charge in [0, 0.05) is 12.2 Å². The zero-order chi connectivity index (χ0) is 22.3. The summed E-state index contributed by atoms with van der Waals surface area (Å²) in [6.45, 7) is 2.96. The third kappa shape index (κ3) is 5.47. The van der Waals surface area contributed by atoms with Gasteiger partial charge in [-0.25, -0.2) is 17.7 Å². The summed E-state index contributed by atoms with van der Waals surface area (Å²) in [5.74, 6) is 0.206. The molecule has 0 amide bonds. The van der Waals surface area contributed by atoms with Gasteiger partial charge in [-0.05, 0) is 49.9 Å². The molecule has 0 unspecified atom stereocenters. The van der Waals surface area contributed by atoms with Gasteiger partial charge in [0.05, 0.1) is 11.6 Å². The second-order valence-electron chi connectivity index (χ2n) is 7.40. The Balaban J connectivity index is 2.09. The summed E-state index contributed by atoms with van der Waals surface area (Å²) in [5.41, 5.74) is 2.57. The van der Waals surface area contributed by atoms with E-state index in [-0.39, 0.29) is 17.4 Å². The van der Waals surface area contributed by atoms with Crippen molar-refractivity contribution in [2.45, 2.75) is 45.1 Å². The number of rotatable bonds is 8. The van der Waals surface area contributed by atoms with Gasteiger partial charge in [0.2, 0.25) is 0 Å². The number of ether oxygens (including phenoxy) is 1. The lowest BCUT2D eigenvalue weighted by Gasteiger charge is -2.13. The lowest BCUT2D eigenvalue weighted by molar-refractivity contribution is 0.183. The van der Waals surface area contributed by atoms with E-state index >= 15 is 0 Å². The van der Waals surface area contributed by atoms with Crippen molar-refractivity contribution in [1.82, 2.24) is 9.78 Å². The Morgan fingerprint density at radius 2 is 1.90 bits per heavy atom. The van der Waals surface area contributed by atoms with Crippen LogP contribution in [0.4, 0.5) is 0 Å². The molecule has 0 spiro atoms. The van der Waals surface area contributed by atoms with E-state index in [0.29, 0.717) is 28.1 Å². The van der Waals surface area contributed by atoms with Crippen molar-refractivity contribution in [1.29, 1.82) is 5.26 Å². The fourth-order valence-corrected chi connectivity index (χ4v) is 4.08. The minimum absolute atomic E-state index is 0.0650. The number of nitrogens with zero attached hydrogens (tertiary/aromatic N) is 3. The Morgan fingerprint density at radius 1 is 1.30 bits per heavy atom. The lowest BCUT2D eigenvalue weighted by atomic mass is 10.0. The van der Waals surface area contributed by atoms with Crippen LogP contribution in [0.2, 0.25) is 0 Å². The molecule has 1 aromatic carbocycles. The van der Waals surface area contributed by atoms with Crippen LogP contribution >= 0.6 is 7.82 Å². The fourth-order valence-electron chi connectivity index (χ4n) is 3.13. The number of nitriles is 1. The molecular formula is C18H22N3O7PS. The topological polar surface area (TPSA) is 152 Å². The van der Waals surface area contributed by atoms with Crippen LogP contribution in [0.5, 0.6) is 11.5 Å². The van der Waals surface area contributed by atoms with E-state index in [1.165, 1.54) is 0 Å². The van der Waals surface area contributed by atoms with Crippen LogP contribution in [0, 0.1) is 25.2 Å². The third-order valence-electron chi connectivity index (χ3n) is 4.56. The first-order valence-corrected chi connectivity index (χ1v) is 12.6. The summed E-state index contributed by atoms with van der Waals surface area (Å²) >= 11 is 0. The third-order valence-corrected chi connectivity index (χ3v) is 5.74. The molecule has 0 bridgehead atoms. The van der Waals surface area contributed by atoms with E-state index in [1.807, 2.05) is 0 Å². The highest BCUT2D eigenvalue weighted by molar-refractivity contribution is 7.89. The molecule has 1 heterocycles. The molecule has 0 aliphatic heterocycles. The maximum absolute atomic E-state index is 11.9. The average Bonchev–Trinajstić information content (AvgIpc) is 3.36. The summed E-state index contributed by atoms with van der Waals surface area (Å²) < 4.78 is 46.8. The normalized spacial score (nSPS) is 14.5. The van der Waals surface area contributed by atoms with Crippen LogP contribution in [0.3, 0.4) is 0 Å². The van der Waals surface area contributed by atoms with E-state index < -0.39 is 30.1 Å². The fraction of sp³-hybridized carbons (Fsp3) is 0.444. The van der Waals surface area contributed by atoms with Crippen LogP contribution in [-0.2, 0) is 31.4 Å². The second-order valence-corrected chi connectivity index (χ2v) is 10.7. The quantitative estimate of drug-likeness (QED) is 0.572. The van der Waals surface area contributed by atoms with Crippen molar-refractivity contribution in [2.24, 2.45) is 0 Å². The summed E-state index contributed by atoms with van der Waals surface area (Å²) in [6.07, 6.45) is 2.72. The minimum atomic E-state index is -4.81. The average molecular weight is 455 g/mol. The van der Waals surface area contributed by atoms with Crippen LogP contribution in [0.1, 0.15) is 46.8 Å². The molecule has 0 atom stereocenters. The highest BCUT2D eigenvalue weighted by atomic mass is 32.2. The zero-order valence-corrected chi connectivity index (χ0v) is 18.4. The zero-order valence-electron chi connectivity index (χ0n) is 16.7. The molecule has 10 nitrogen and oxygen atoms in total. The molecular weight excluding hydrogens is 433 g/mol. The van der Waals surface area contributed by atoms with E-state index in [1.54, 1.807) is 26.0 Å². The molecule has 30 heavy (non-hydrogen) atoms. The first-order chi connectivity index (χ1) is 13.9. The molecule has 162 valence electrons. The Kier molecular flexibility index (Phi) is 6.09. The molecule has 1 aliphatic carbocycles. The number of hydrogen-bond acceptors (Lipinski definition) is 7. The molecule has 1 aromatic heterocycles. The smallest absolute Gasteiger partial charge is 0.453 e. The van der Waals surface area contributed by atoms with Gasteiger partial charge < -0.3 is 14.5 Å². The molecule has 3 rings (SSSR count). The summed E-state index contributed by atoms with van der Waals surface area (Å²) in [5, 5.41) is 13.6. The van der Waals surface area contributed by atoms with Crippen molar-refractivity contribution in [3.05, 3.63) is 40.2 Å². The maximum Gasteiger partial charge on any atom is 0.469 e. The second kappa shape index (κ2) is 8.13. The Labute approximate surface area is 174 Å². The van der Waals surface area contributed by atoms with Crippen LogP contribution in [0.15, 0.2) is 12.1 Å². The van der Waals surface area contributed by atoms with E-state index in [4.69, 9.17) is 14.5 Å². The molecule has 12 heteroatoms. The molecule has 0 saturated heterocycles. The maximum atomic E-state index is 11.9. The molecule has 1 aliphatic rings. The van der Waals surface area contributed by atoms with E-state index in [2.05, 4.69) is 15.7 Å². The van der Waals surface area contributed by atoms with Gasteiger partial charge in [0.25, 0.3) is 0 Å². The number of hydrogen-bond donors (Lipinski definition) is 2. The van der Waals surface area contributed by atoms with Gasteiger partial charge in [0.15, 0.2) is 15.6 Å². The number of sulfone groups is 1. The monoisotopic (exact) mass is 455 g/mol. The Bertz CT molecular complexity index is 1150. The van der Waals surface area contributed by atoms with Gasteiger partial charge in [-0.2, -0.15) is 10.4 Å². The van der Waals surface area contributed by atoms with Crippen molar-refractivity contribution >= 4 is 17.7 Å². The molecule has 2 N–H and O–H groups in total. The van der Waals surface area contributed by atoms with Crippen molar-refractivity contribution in [2.75, 3.05) is 6.26 Å². The summed E-state index contributed by atoms with van der Waals surface area (Å²) in [7, 11) is -8.31. The van der Waals surface area contributed by atoms with E-state index in [0.717, 1.165) is 23.8 Å². The SMILES string of the molecule is Cc1cc(Oc2c(C3CC3)nn(CS(C)(=O)=O)c2COP(=O)(O)O)cc(C)c1C#N. The first kappa shape index (κ1) is 22.5. The van der Waals surface area contributed by atoms with Crippen molar-refractivity contribution in [3.63, 3.8) is 0 Å². The Hall–Kier alpha value is -2.22. The number of phosphoric ester groups is 1. The van der Waals surface area contributed by atoms with Crippen LogP contribution in [-0.4, -0.2) is 34.2 Å². The van der Waals surface area contributed by atoms with Gasteiger partial charge in [0.1, 0.15) is 29.6 Å². The highest BCUT2D eigenvalue weighted by Crippen LogP contribution is 2.47. The Morgan fingerprint density at radius 3 is 2.37 bits per heavy atom. The predicted molar refractivity (Wildman–Crippen MR) is 107 cm³/mol. The van der Waals surface area contributed by atoms with Crippen LogP contribution < -0.4 is 4.74 Å². The molecule has 1 saturated carbocycles. The number of aromatic nitrogens is 2. The van der Waals surface area contributed by atoms with Gasteiger partial charge >= 0.3 is 7.82 Å². The van der Waals surface area contributed by atoms with Gasteiger partial charge in [-0.3, -0.25) is 4.52 Å². The first-order valence-electron chi connectivity index (χ1n) is 9.04. The highest BCUT2D eigenvalue weighted by Gasteiger charge is 2.34. The minimum Gasteiger partial charge on any atom is -0.453 e. The lowest BCUT2D eigenvalue weighted by Crippen LogP contribution is -2.14. The van der Waals surface area contributed by atoms with Crippen molar-refractivity contribution in [3.8, 4) is 17.6 Å². The largest absolute Gasteiger partial charge is 0.469 e. The molecule has 0 radical (unpaired) electrons. The van der Waals surface area contributed by atoms with Crippen LogP contribution in [0.25, 0.3) is 0 Å². The number of aryl methyl sites for hydroxylation is 2. The summed E-state index contributed by atoms with van der Waals surface area (Å²) in [4.78, 5) is 18.2. The molecule has 2 aromatic rings. The van der Waals surface area contributed by atoms with Gasteiger partial charge in [-0.1, -0.05) is 0 Å². The van der Waals surface area contributed by atoms with Gasteiger partial charge in [-0.15, -0.1) is 0 Å². The molecule has 1 fully saturated rings. The predicted octanol–water partition coefficient (Wildman–Crippen LogP) is 2.65. The van der Waals surface area contributed by atoms with E-state index in [9.17, 15) is 18.2 Å². The summed E-state index contributed by atoms with van der Waals surface area (Å²) in [6, 6.07) is 5.47. The standard InChI is InChI=1S/C18H22N3O7PS/c1-11-6-14(7-12(2)15(11)8-19)28-18-16(9-27-29(22,23)24)21(10-30(3,25)26)20-17(18)13-4-5-13/h6-7,13H,4-5,9-10H2,1-3H3,(H2,22,23,24). The van der Waals surface area contributed by atoms with Crippen molar-refractivity contribution < 1.29 is 32.0 Å².